The Morgan fingerprint density at radius 1 is 0.979 bits per heavy atom. The second-order valence-electron chi connectivity index (χ2n) is 14.1. The number of ether oxygens (including phenoxy) is 2. The number of hydrogen-bond acceptors (Lipinski definition) is 9. The van der Waals surface area contributed by atoms with E-state index in [4.69, 9.17) is 28.8 Å². The molecule has 7 rings (SSSR count). The number of aromatic nitrogens is 3. The van der Waals surface area contributed by atoms with Gasteiger partial charge >= 0.3 is 6.09 Å². The van der Waals surface area contributed by atoms with Crippen molar-refractivity contribution in [3.8, 4) is 17.0 Å². The molecule has 4 fully saturated rings. The Kier molecular flexibility index (Phi) is 9.66. The van der Waals surface area contributed by atoms with E-state index in [-0.39, 0.29) is 36.7 Å². The predicted molar refractivity (Wildman–Crippen MR) is 179 cm³/mol. The number of amides is 2. The van der Waals surface area contributed by atoms with Crippen molar-refractivity contribution in [3.05, 3.63) is 54.0 Å². The second-order valence-corrected chi connectivity index (χ2v) is 14.1. The van der Waals surface area contributed by atoms with E-state index in [1.165, 1.54) is 0 Å². The average molecular weight is 658 g/mol. The summed E-state index contributed by atoms with van der Waals surface area (Å²) in [6, 6.07) is 7.85. The van der Waals surface area contributed by atoms with Crippen LogP contribution >= 0.6 is 0 Å². The third kappa shape index (κ3) is 7.06. The number of nitrogens with zero attached hydrogens (tertiary/aromatic N) is 5. The third-order valence-corrected chi connectivity index (χ3v) is 10.9. The quantitative estimate of drug-likeness (QED) is 0.263. The summed E-state index contributed by atoms with van der Waals surface area (Å²) in [7, 11) is 1.67. The molecule has 1 atom stereocenters. The molecule has 4 aliphatic rings. The van der Waals surface area contributed by atoms with Crippen LogP contribution in [-0.2, 0) is 9.53 Å². The number of oxazole rings is 1. The molecule has 0 bridgehead atoms. The standard InChI is InChI=1S/C37H47N5O6/c1-23-33(46-2)14-13-31(39-23)25-5-3-24(4-6-25)20-42(34-19-28(15-17-38-34)32-22-47-35(40-32)26-7-8-26)36(44)27-9-11-30(12-10-27)48-37(45)41-18-16-29(41)21-43/h13-15,17,19,22,24-27,29-30,43H,3-12,16,18,20-21H2,1-2H3/t24?,25?,27?,29-,30?/m0/s1. The number of hydrogen-bond donors (Lipinski definition) is 1. The lowest BCUT2D eigenvalue weighted by Crippen LogP contribution is -2.53. The minimum Gasteiger partial charge on any atom is -0.495 e. The Morgan fingerprint density at radius 3 is 2.42 bits per heavy atom. The highest BCUT2D eigenvalue weighted by Gasteiger charge is 2.37. The van der Waals surface area contributed by atoms with Crippen LogP contribution < -0.4 is 9.64 Å². The molecule has 0 spiro atoms. The van der Waals surface area contributed by atoms with Gasteiger partial charge in [-0.05, 0) is 108 Å². The van der Waals surface area contributed by atoms with Crippen LogP contribution in [0.4, 0.5) is 10.6 Å². The van der Waals surface area contributed by atoms with Crippen molar-refractivity contribution < 1.29 is 28.6 Å². The van der Waals surface area contributed by atoms with E-state index in [9.17, 15) is 14.7 Å². The van der Waals surface area contributed by atoms with Crippen molar-refractivity contribution in [1.82, 2.24) is 19.9 Å². The van der Waals surface area contributed by atoms with Gasteiger partial charge in [0.2, 0.25) is 5.91 Å². The highest BCUT2D eigenvalue weighted by molar-refractivity contribution is 5.94. The zero-order chi connectivity index (χ0) is 33.2. The Labute approximate surface area is 282 Å². The van der Waals surface area contributed by atoms with Crippen LogP contribution in [0.15, 0.2) is 41.1 Å². The molecule has 3 aromatic rings. The first kappa shape index (κ1) is 32.6. The largest absolute Gasteiger partial charge is 0.495 e. The Hall–Kier alpha value is -3.99. The van der Waals surface area contributed by atoms with Crippen LogP contribution in [-0.4, -0.2) is 75.9 Å². The summed E-state index contributed by atoms with van der Waals surface area (Å²) in [5.74, 6) is 3.31. The number of methoxy groups -OCH3 is 1. The van der Waals surface area contributed by atoms with Crippen molar-refractivity contribution in [3.63, 3.8) is 0 Å². The summed E-state index contributed by atoms with van der Waals surface area (Å²) in [5.41, 5.74) is 3.69. The zero-order valence-electron chi connectivity index (χ0n) is 28.1. The fraction of sp³-hybridized carbons (Fsp3) is 0.595. The first-order chi connectivity index (χ1) is 23.4. The van der Waals surface area contributed by atoms with E-state index in [0.29, 0.717) is 62.3 Å². The lowest BCUT2D eigenvalue weighted by atomic mass is 9.79. The number of likely N-dealkylation sites (tertiary alicyclic amines) is 1. The van der Waals surface area contributed by atoms with Gasteiger partial charge in [0.25, 0.3) is 0 Å². The lowest BCUT2D eigenvalue weighted by molar-refractivity contribution is -0.124. The molecule has 256 valence electrons. The average Bonchev–Trinajstić information content (AvgIpc) is 3.83. The molecule has 0 aromatic carbocycles. The van der Waals surface area contributed by atoms with Crippen molar-refractivity contribution in [1.29, 1.82) is 0 Å². The van der Waals surface area contributed by atoms with E-state index in [1.807, 2.05) is 30.0 Å². The Bertz CT molecular complexity index is 1590. The summed E-state index contributed by atoms with van der Waals surface area (Å²) in [6.07, 6.45) is 12.6. The van der Waals surface area contributed by atoms with Gasteiger partial charge in [-0.2, -0.15) is 0 Å². The van der Waals surface area contributed by atoms with Crippen molar-refractivity contribution in [2.45, 2.75) is 102 Å². The van der Waals surface area contributed by atoms with Crippen LogP contribution in [0.3, 0.4) is 0 Å². The number of anilines is 1. The van der Waals surface area contributed by atoms with Crippen LogP contribution in [0.25, 0.3) is 11.3 Å². The molecule has 0 radical (unpaired) electrons. The summed E-state index contributed by atoms with van der Waals surface area (Å²) in [4.78, 5) is 44.8. The summed E-state index contributed by atoms with van der Waals surface area (Å²) >= 11 is 0. The monoisotopic (exact) mass is 657 g/mol. The summed E-state index contributed by atoms with van der Waals surface area (Å²) in [6.45, 7) is 3.17. The van der Waals surface area contributed by atoms with Gasteiger partial charge in [-0.3, -0.25) is 14.7 Å². The fourth-order valence-electron chi connectivity index (χ4n) is 7.60. The summed E-state index contributed by atoms with van der Waals surface area (Å²) in [5, 5.41) is 9.46. The van der Waals surface area contributed by atoms with Crippen molar-refractivity contribution in [2.75, 3.05) is 31.7 Å². The Morgan fingerprint density at radius 2 is 1.75 bits per heavy atom. The van der Waals surface area contributed by atoms with Gasteiger partial charge in [-0.15, -0.1) is 0 Å². The number of aryl methyl sites for hydroxylation is 1. The molecular weight excluding hydrogens is 610 g/mol. The highest BCUT2D eigenvalue weighted by atomic mass is 16.6. The fourth-order valence-corrected chi connectivity index (χ4v) is 7.60. The SMILES string of the molecule is COc1ccc(C2CCC(CN(C(=O)C3CCC(OC(=O)N4CC[C@H]4CO)CC3)c3cc(-c4coc(C5CC5)n4)ccn3)CC2)nc1C. The molecular formula is C37H47N5O6. The van der Waals surface area contributed by atoms with Crippen molar-refractivity contribution >= 4 is 17.8 Å². The van der Waals surface area contributed by atoms with Crippen molar-refractivity contribution in [2.24, 2.45) is 11.8 Å². The van der Waals surface area contributed by atoms with Crippen LogP contribution in [0, 0.1) is 18.8 Å². The van der Waals surface area contributed by atoms with Gasteiger partial charge in [0.1, 0.15) is 29.6 Å². The molecule has 3 aliphatic carbocycles. The van der Waals surface area contributed by atoms with E-state index in [1.54, 1.807) is 24.5 Å². The zero-order valence-corrected chi connectivity index (χ0v) is 28.1. The number of aliphatic hydroxyl groups is 1. The molecule has 3 aromatic heterocycles. The van der Waals surface area contributed by atoms with Gasteiger partial charge in [0.05, 0.1) is 25.5 Å². The molecule has 1 N–H and O–H groups in total. The van der Waals surface area contributed by atoms with E-state index in [2.05, 4.69) is 6.07 Å². The molecule has 11 nitrogen and oxygen atoms in total. The maximum atomic E-state index is 14.4. The maximum absolute atomic E-state index is 14.4. The number of carbonyl (C=O) groups is 2. The minimum atomic E-state index is -0.356. The van der Waals surface area contributed by atoms with Gasteiger partial charge in [-0.1, -0.05) is 0 Å². The number of rotatable bonds is 10. The van der Waals surface area contributed by atoms with Crippen LogP contribution in [0.1, 0.15) is 99.7 Å². The summed E-state index contributed by atoms with van der Waals surface area (Å²) < 4.78 is 17.0. The van der Waals surface area contributed by atoms with Gasteiger partial charge in [0, 0.05) is 48.3 Å². The lowest BCUT2D eigenvalue weighted by Gasteiger charge is -2.40. The maximum Gasteiger partial charge on any atom is 0.410 e. The molecule has 3 saturated carbocycles. The molecule has 48 heavy (non-hydrogen) atoms. The third-order valence-electron chi connectivity index (χ3n) is 10.9. The predicted octanol–water partition coefficient (Wildman–Crippen LogP) is 6.40. The smallest absolute Gasteiger partial charge is 0.410 e. The second kappa shape index (κ2) is 14.2. The van der Waals surface area contributed by atoms with E-state index in [0.717, 1.165) is 79.2 Å². The molecule has 0 unspecified atom stereocenters. The van der Waals surface area contributed by atoms with E-state index < -0.39 is 0 Å². The van der Waals surface area contributed by atoms with Gasteiger partial charge < -0.3 is 23.9 Å². The molecule has 2 amide bonds. The number of pyridine rings is 2. The van der Waals surface area contributed by atoms with Gasteiger partial charge in [-0.25, -0.2) is 14.8 Å². The van der Waals surface area contributed by atoms with E-state index >= 15 is 0 Å². The minimum absolute atomic E-state index is 0.0422. The first-order valence-corrected chi connectivity index (χ1v) is 17.7. The van der Waals surface area contributed by atoms with Crippen LogP contribution in [0.2, 0.25) is 0 Å². The Balaban J connectivity index is 1.04. The molecule has 11 heteroatoms. The molecule has 1 saturated heterocycles. The van der Waals surface area contributed by atoms with Crippen LogP contribution in [0.5, 0.6) is 5.75 Å². The highest BCUT2D eigenvalue weighted by Crippen LogP contribution is 2.41. The number of carbonyl (C=O) groups excluding carboxylic acids is 2. The molecule has 4 heterocycles. The topological polar surface area (TPSA) is 131 Å². The van der Waals surface area contributed by atoms with Gasteiger partial charge in [0.15, 0.2) is 5.89 Å². The molecule has 1 aliphatic heterocycles. The normalized spacial score (nSPS) is 25.6. The number of aliphatic hydroxyl groups excluding tert-OH is 1. The first-order valence-electron chi connectivity index (χ1n) is 17.7.